The third kappa shape index (κ3) is 5.20. The van der Waals surface area contributed by atoms with E-state index in [1.165, 1.54) is 12.7 Å². The molecule has 0 saturated carbocycles. The van der Waals surface area contributed by atoms with E-state index in [2.05, 4.69) is 15.0 Å². The predicted molar refractivity (Wildman–Crippen MR) is 88.3 cm³/mol. The molecule has 0 radical (unpaired) electrons. The second-order valence-electron chi connectivity index (χ2n) is 5.77. The van der Waals surface area contributed by atoms with Gasteiger partial charge in [-0.2, -0.15) is 0 Å². The van der Waals surface area contributed by atoms with Crippen molar-refractivity contribution in [3.63, 3.8) is 0 Å². The number of methoxy groups -OCH3 is 3. The molecule has 1 aliphatic heterocycles. The van der Waals surface area contributed by atoms with Crippen molar-refractivity contribution in [2.75, 3.05) is 39.7 Å². The van der Waals surface area contributed by atoms with E-state index < -0.39 is 6.09 Å². The maximum Gasteiger partial charge on any atom is 0.411 e. The fourth-order valence-corrected chi connectivity index (χ4v) is 2.98. The van der Waals surface area contributed by atoms with Crippen LogP contribution in [0.2, 0.25) is 0 Å². The summed E-state index contributed by atoms with van der Waals surface area (Å²) in [4.78, 5) is 13.6. The van der Waals surface area contributed by atoms with Crippen LogP contribution in [0.1, 0.15) is 18.4 Å². The molecule has 1 aromatic rings. The second kappa shape index (κ2) is 8.86. The lowest BCUT2D eigenvalue weighted by atomic mass is 9.95. The van der Waals surface area contributed by atoms with Crippen molar-refractivity contribution < 1.29 is 19.0 Å². The highest BCUT2D eigenvalue weighted by Crippen LogP contribution is 2.24. The molecule has 0 bridgehead atoms. The predicted octanol–water partition coefficient (Wildman–Crippen LogP) is 2.70. The molecule has 0 aliphatic carbocycles. The number of nitrogens with zero attached hydrogens (tertiary/aromatic N) is 1. The lowest BCUT2D eigenvalue weighted by Crippen LogP contribution is -2.38. The number of anilines is 1. The summed E-state index contributed by atoms with van der Waals surface area (Å²) in [5.74, 6) is 0.466. The second-order valence-corrected chi connectivity index (χ2v) is 5.77. The summed E-state index contributed by atoms with van der Waals surface area (Å²) < 4.78 is 15.3. The van der Waals surface area contributed by atoms with Crippen LogP contribution < -0.4 is 5.32 Å². The Kier molecular flexibility index (Phi) is 6.83. The van der Waals surface area contributed by atoms with Crippen LogP contribution in [0.15, 0.2) is 24.3 Å². The molecule has 2 rings (SSSR count). The number of hydrogen-bond donors (Lipinski definition) is 1. The van der Waals surface area contributed by atoms with Gasteiger partial charge in [0.15, 0.2) is 6.29 Å². The van der Waals surface area contributed by atoms with E-state index in [9.17, 15) is 4.79 Å². The van der Waals surface area contributed by atoms with Gasteiger partial charge in [-0.15, -0.1) is 0 Å². The van der Waals surface area contributed by atoms with Crippen LogP contribution >= 0.6 is 0 Å². The van der Waals surface area contributed by atoms with Crippen LogP contribution in [-0.2, 0) is 20.8 Å². The molecule has 1 amide bonds. The zero-order valence-electron chi connectivity index (χ0n) is 14.1. The lowest BCUT2D eigenvalue weighted by molar-refractivity contribution is -0.147. The third-order valence-electron chi connectivity index (χ3n) is 4.27. The van der Waals surface area contributed by atoms with E-state index in [0.29, 0.717) is 5.92 Å². The van der Waals surface area contributed by atoms with Crippen LogP contribution in [0.3, 0.4) is 0 Å². The Morgan fingerprint density at radius 2 is 1.78 bits per heavy atom. The number of amides is 1. The van der Waals surface area contributed by atoms with Crippen molar-refractivity contribution in [3.05, 3.63) is 29.8 Å². The molecule has 0 aromatic heterocycles. The number of ether oxygens (including phenoxy) is 3. The molecule has 1 saturated heterocycles. The number of nitrogens with one attached hydrogen (secondary N) is 1. The molecule has 1 aromatic carbocycles. The minimum Gasteiger partial charge on any atom is -0.453 e. The number of carbonyl (C=O) groups is 1. The van der Waals surface area contributed by atoms with Gasteiger partial charge in [0.25, 0.3) is 0 Å². The van der Waals surface area contributed by atoms with Gasteiger partial charge >= 0.3 is 6.09 Å². The van der Waals surface area contributed by atoms with E-state index >= 15 is 0 Å². The highest BCUT2D eigenvalue weighted by atomic mass is 16.7. The van der Waals surface area contributed by atoms with E-state index in [-0.39, 0.29) is 6.29 Å². The van der Waals surface area contributed by atoms with Crippen molar-refractivity contribution >= 4 is 11.8 Å². The SMILES string of the molecule is COC(=O)Nc1ccc(CN2CCC(C(OC)OC)CC2)cc1. The monoisotopic (exact) mass is 322 g/mol. The Morgan fingerprint density at radius 1 is 1.17 bits per heavy atom. The van der Waals surface area contributed by atoms with E-state index in [0.717, 1.165) is 38.2 Å². The molecular weight excluding hydrogens is 296 g/mol. The molecule has 6 heteroatoms. The first-order valence-electron chi connectivity index (χ1n) is 7.88. The summed E-state index contributed by atoms with van der Waals surface area (Å²) >= 11 is 0. The highest BCUT2D eigenvalue weighted by molar-refractivity contribution is 5.84. The molecule has 23 heavy (non-hydrogen) atoms. The smallest absolute Gasteiger partial charge is 0.411 e. The first-order valence-corrected chi connectivity index (χ1v) is 7.88. The van der Waals surface area contributed by atoms with Crippen molar-refractivity contribution in [2.24, 2.45) is 5.92 Å². The van der Waals surface area contributed by atoms with Crippen LogP contribution in [0.25, 0.3) is 0 Å². The summed E-state index contributed by atoms with van der Waals surface area (Å²) in [5.41, 5.74) is 1.97. The first-order chi connectivity index (χ1) is 11.2. The van der Waals surface area contributed by atoms with Gasteiger partial charge in [0, 0.05) is 32.4 Å². The molecular formula is C17H26N2O4. The van der Waals surface area contributed by atoms with Gasteiger partial charge in [-0.05, 0) is 43.6 Å². The Bertz CT molecular complexity index is 480. The minimum atomic E-state index is -0.453. The number of likely N-dealkylation sites (tertiary alicyclic amines) is 1. The number of rotatable bonds is 6. The van der Waals surface area contributed by atoms with Gasteiger partial charge in [0.2, 0.25) is 0 Å². The molecule has 0 unspecified atom stereocenters. The fourth-order valence-electron chi connectivity index (χ4n) is 2.98. The molecule has 0 spiro atoms. The number of piperidine rings is 1. The van der Waals surface area contributed by atoms with Crippen molar-refractivity contribution in [1.29, 1.82) is 0 Å². The first kappa shape index (κ1) is 17.7. The van der Waals surface area contributed by atoms with Gasteiger partial charge in [0.1, 0.15) is 0 Å². The van der Waals surface area contributed by atoms with Crippen LogP contribution in [-0.4, -0.2) is 51.7 Å². The number of carbonyl (C=O) groups excluding carboxylic acids is 1. The highest BCUT2D eigenvalue weighted by Gasteiger charge is 2.26. The topological polar surface area (TPSA) is 60.0 Å². The summed E-state index contributed by atoms with van der Waals surface area (Å²) in [6.45, 7) is 2.99. The summed E-state index contributed by atoms with van der Waals surface area (Å²) in [6.07, 6.45) is 1.61. The molecule has 1 fully saturated rings. The Balaban J connectivity index is 1.81. The fraction of sp³-hybridized carbons (Fsp3) is 0.588. The summed E-state index contributed by atoms with van der Waals surface area (Å²) in [6, 6.07) is 7.85. The molecule has 1 aliphatic rings. The summed E-state index contributed by atoms with van der Waals surface area (Å²) in [5, 5.41) is 2.65. The van der Waals surface area contributed by atoms with Crippen molar-refractivity contribution in [2.45, 2.75) is 25.7 Å². The standard InChI is InChI=1S/C17H26N2O4/c1-21-16(22-2)14-8-10-19(11-9-14)12-13-4-6-15(7-5-13)18-17(20)23-3/h4-7,14,16H,8-12H2,1-3H3,(H,18,20). The van der Waals surface area contributed by atoms with Gasteiger partial charge in [-0.3, -0.25) is 10.2 Å². The molecule has 0 atom stereocenters. The Morgan fingerprint density at radius 3 is 2.30 bits per heavy atom. The minimum absolute atomic E-state index is 0.0965. The largest absolute Gasteiger partial charge is 0.453 e. The van der Waals surface area contributed by atoms with Gasteiger partial charge in [-0.1, -0.05) is 12.1 Å². The maximum atomic E-state index is 11.2. The van der Waals surface area contributed by atoms with E-state index in [4.69, 9.17) is 9.47 Å². The van der Waals surface area contributed by atoms with Crippen LogP contribution in [0.4, 0.5) is 10.5 Å². The van der Waals surface area contributed by atoms with Gasteiger partial charge in [0.05, 0.1) is 7.11 Å². The van der Waals surface area contributed by atoms with Crippen molar-refractivity contribution in [1.82, 2.24) is 4.90 Å². The average molecular weight is 322 g/mol. The quantitative estimate of drug-likeness (QED) is 0.816. The Hall–Kier alpha value is -1.63. The van der Waals surface area contributed by atoms with Crippen LogP contribution in [0.5, 0.6) is 0 Å². The van der Waals surface area contributed by atoms with E-state index in [1.807, 2.05) is 24.3 Å². The normalized spacial score (nSPS) is 16.5. The number of benzene rings is 1. The van der Waals surface area contributed by atoms with Gasteiger partial charge < -0.3 is 14.2 Å². The number of hydrogen-bond acceptors (Lipinski definition) is 5. The average Bonchev–Trinajstić information content (AvgIpc) is 2.59. The van der Waals surface area contributed by atoms with Crippen LogP contribution in [0, 0.1) is 5.92 Å². The van der Waals surface area contributed by atoms with Gasteiger partial charge in [-0.25, -0.2) is 4.79 Å². The molecule has 6 nitrogen and oxygen atoms in total. The zero-order chi connectivity index (χ0) is 16.7. The summed E-state index contributed by atoms with van der Waals surface area (Å²) in [7, 11) is 4.75. The zero-order valence-corrected chi connectivity index (χ0v) is 14.1. The Labute approximate surface area is 137 Å². The van der Waals surface area contributed by atoms with Crippen molar-refractivity contribution in [3.8, 4) is 0 Å². The molecule has 128 valence electrons. The molecule has 1 N–H and O–H groups in total. The van der Waals surface area contributed by atoms with E-state index in [1.54, 1.807) is 14.2 Å². The maximum absolute atomic E-state index is 11.2. The molecule has 1 heterocycles. The lowest BCUT2D eigenvalue weighted by Gasteiger charge is -2.34. The third-order valence-corrected chi connectivity index (χ3v) is 4.27.